The van der Waals surface area contributed by atoms with Crippen LogP contribution in [0.4, 0.5) is 5.69 Å². The van der Waals surface area contributed by atoms with Gasteiger partial charge in [-0.15, -0.1) is 0 Å². The van der Waals surface area contributed by atoms with Crippen LogP contribution in [0.25, 0.3) is 6.08 Å². The van der Waals surface area contributed by atoms with Crippen molar-refractivity contribution in [1.82, 2.24) is 0 Å². The highest BCUT2D eigenvalue weighted by atomic mass is 16.6. The van der Waals surface area contributed by atoms with E-state index in [1.54, 1.807) is 6.92 Å². The summed E-state index contributed by atoms with van der Waals surface area (Å²) in [5.41, 5.74) is 0.209. The predicted octanol–water partition coefficient (Wildman–Crippen LogP) is 2.35. The van der Waals surface area contributed by atoms with Gasteiger partial charge in [-0.25, -0.2) is 9.59 Å². The summed E-state index contributed by atoms with van der Waals surface area (Å²) in [5, 5.41) is 11.1. The fraction of sp³-hybridized carbons (Fsp3) is 0.286. The lowest BCUT2D eigenvalue weighted by atomic mass is 10.1. The number of hydrogen-bond acceptors (Lipinski definition) is 6. The molecule has 0 aliphatic heterocycles. The molecule has 0 N–H and O–H groups in total. The van der Waals surface area contributed by atoms with Crippen LogP contribution in [0.3, 0.4) is 0 Å². The smallest absolute Gasteiger partial charge is 0.338 e. The molecule has 1 rings (SSSR count). The first-order chi connectivity index (χ1) is 9.90. The molecule has 1 aromatic carbocycles. The summed E-state index contributed by atoms with van der Waals surface area (Å²) in [5.74, 6) is -1.22. The third-order valence-corrected chi connectivity index (χ3v) is 2.62. The molecular formula is C14H15NO6. The first-order valence-corrected chi connectivity index (χ1v) is 6.12. The minimum atomic E-state index is -0.671. The zero-order valence-electron chi connectivity index (χ0n) is 11.9. The molecule has 1 aromatic rings. The zero-order valence-corrected chi connectivity index (χ0v) is 11.9. The molecule has 0 spiro atoms. The van der Waals surface area contributed by atoms with E-state index in [1.165, 1.54) is 32.2 Å². The maximum atomic E-state index is 11.5. The second-order valence-corrected chi connectivity index (χ2v) is 4.07. The quantitative estimate of drug-likeness (QED) is 0.358. The number of ether oxygens (including phenoxy) is 2. The fourth-order valence-electron chi connectivity index (χ4n) is 1.61. The van der Waals surface area contributed by atoms with Crippen molar-refractivity contribution >= 4 is 23.7 Å². The van der Waals surface area contributed by atoms with Gasteiger partial charge in [-0.3, -0.25) is 10.1 Å². The molecule has 0 radical (unpaired) electrons. The Morgan fingerprint density at radius 1 is 1.38 bits per heavy atom. The van der Waals surface area contributed by atoms with Crippen LogP contribution in [-0.4, -0.2) is 30.6 Å². The lowest BCUT2D eigenvalue weighted by Crippen LogP contribution is -2.06. The van der Waals surface area contributed by atoms with Crippen LogP contribution >= 0.6 is 0 Å². The molecular weight excluding hydrogens is 278 g/mol. The Kier molecular flexibility index (Phi) is 5.59. The number of benzene rings is 1. The summed E-state index contributed by atoms with van der Waals surface area (Å²) in [6, 6.07) is 3.88. The maximum Gasteiger partial charge on any atom is 0.338 e. The van der Waals surface area contributed by atoms with Crippen molar-refractivity contribution in [3.05, 3.63) is 45.0 Å². The molecule has 0 bridgehead atoms. The number of esters is 2. The summed E-state index contributed by atoms with van der Waals surface area (Å²) in [6.07, 6.45) is 1.34. The molecule has 0 amide bonds. The van der Waals surface area contributed by atoms with Gasteiger partial charge in [-0.2, -0.15) is 0 Å². The van der Waals surface area contributed by atoms with Crippen molar-refractivity contribution in [3.63, 3.8) is 0 Å². The van der Waals surface area contributed by atoms with E-state index in [0.717, 1.165) is 6.07 Å². The maximum absolute atomic E-state index is 11.5. The molecule has 7 nitrogen and oxygen atoms in total. The molecule has 7 heteroatoms. The third-order valence-electron chi connectivity index (χ3n) is 2.62. The Labute approximate surface area is 121 Å². The van der Waals surface area contributed by atoms with Crippen LogP contribution in [-0.2, 0) is 14.3 Å². The number of hydrogen-bond donors (Lipinski definition) is 0. The number of nitro groups is 1. The van der Waals surface area contributed by atoms with Gasteiger partial charge in [0.2, 0.25) is 0 Å². The van der Waals surface area contributed by atoms with Gasteiger partial charge >= 0.3 is 11.9 Å². The van der Waals surface area contributed by atoms with Gasteiger partial charge in [0, 0.05) is 11.6 Å². The minimum Gasteiger partial charge on any atom is -0.465 e. The average molecular weight is 293 g/mol. The van der Waals surface area contributed by atoms with Crippen LogP contribution < -0.4 is 0 Å². The molecule has 21 heavy (non-hydrogen) atoms. The summed E-state index contributed by atoms with van der Waals surface area (Å²) >= 11 is 0. The standard InChI is InChI=1S/C14H15NO6/c1-4-21-13(16)9(2)7-10-5-6-11(14(17)20-3)8-12(10)15(18)19/h5-8H,4H2,1-3H3/b9-7+. The zero-order chi connectivity index (χ0) is 16.0. The van der Waals surface area contributed by atoms with Crippen molar-refractivity contribution in [3.8, 4) is 0 Å². The van der Waals surface area contributed by atoms with Gasteiger partial charge in [0.25, 0.3) is 5.69 Å². The van der Waals surface area contributed by atoms with Gasteiger partial charge < -0.3 is 9.47 Å². The van der Waals surface area contributed by atoms with Gasteiger partial charge in [-0.1, -0.05) is 0 Å². The summed E-state index contributed by atoms with van der Waals surface area (Å²) in [7, 11) is 1.19. The average Bonchev–Trinajstić information content (AvgIpc) is 2.46. The van der Waals surface area contributed by atoms with Gasteiger partial charge in [0.15, 0.2) is 0 Å². The molecule has 0 fully saturated rings. The molecule has 0 aromatic heterocycles. The molecule has 112 valence electrons. The lowest BCUT2D eigenvalue weighted by molar-refractivity contribution is -0.385. The summed E-state index contributed by atoms with van der Waals surface area (Å²) < 4.78 is 9.32. The second kappa shape index (κ2) is 7.18. The molecule has 0 saturated heterocycles. The van der Waals surface area contributed by atoms with E-state index in [1.807, 2.05) is 0 Å². The van der Waals surface area contributed by atoms with Crippen molar-refractivity contribution in [1.29, 1.82) is 0 Å². The number of rotatable bonds is 5. The van der Waals surface area contributed by atoms with E-state index in [2.05, 4.69) is 4.74 Å². The highest BCUT2D eigenvalue weighted by Gasteiger charge is 2.17. The summed E-state index contributed by atoms with van der Waals surface area (Å²) in [6.45, 7) is 3.38. The first kappa shape index (κ1) is 16.4. The number of carbonyl (C=O) groups excluding carboxylic acids is 2. The van der Waals surface area contributed by atoms with E-state index < -0.39 is 16.9 Å². The molecule has 0 aliphatic carbocycles. The molecule has 0 heterocycles. The number of methoxy groups -OCH3 is 1. The largest absolute Gasteiger partial charge is 0.465 e. The van der Waals surface area contributed by atoms with E-state index in [4.69, 9.17) is 4.74 Å². The van der Waals surface area contributed by atoms with Crippen LogP contribution in [0.1, 0.15) is 29.8 Å². The molecule has 0 atom stereocenters. The van der Waals surface area contributed by atoms with Crippen molar-refractivity contribution in [2.45, 2.75) is 13.8 Å². The Morgan fingerprint density at radius 2 is 2.05 bits per heavy atom. The number of nitrogens with zero attached hydrogens (tertiary/aromatic N) is 1. The van der Waals surface area contributed by atoms with Crippen molar-refractivity contribution in [2.75, 3.05) is 13.7 Å². The monoisotopic (exact) mass is 293 g/mol. The van der Waals surface area contributed by atoms with Crippen molar-refractivity contribution in [2.24, 2.45) is 0 Å². The van der Waals surface area contributed by atoms with Gasteiger partial charge in [0.1, 0.15) is 0 Å². The number of carbonyl (C=O) groups is 2. The third kappa shape index (κ3) is 4.13. The Morgan fingerprint density at radius 3 is 2.57 bits per heavy atom. The fourth-order valence-corrected chi connectivity index (χ4v) is 1.61. The highest BCUT2D eigenvalue weighted by molar-refractivity contribution is 5.95. The van der Waals surface area contributed by atoms with Crippen LogP contribution in [0.5, 0.6) is 0 Å². The van der Waals surface area contributed by atoms with E-state index in [0.29, 0.717) is 0 Å². The Hall–Kier alpha value is -2.70. The summed E-state index contributed by atoms with van der Waals surface area (Å²) in [4.78, 5) is 33.3. The molecule has 0 aliphatic rings. The highest BCUT2D eigenvalue weighted by Crippen LogP contribution is 2.23. The van der Waals surface area contributed by atoms with Crippen LogP contribution in [0, 0.1) is 10.1 Å². The predicted molar refractivity (Wildman–Crippen MR) is 74.7 cm³/mol. The number of nitro benzene ring substituents is 1. The second-order valence-electron chi connectivity index (χ2n) is 4.07. The topological polar surface area (TPSA) is 95.7 Å². The first-order valence-electron chi connectivity index (χ1n) is 6.12. The molecule has 0 unspecified atom stereocenters. The van der Waals surface area contributed by atoms with E-state index in [9.17, 15) is 19.7 Å². The van der Waals surface area contributed by atoms with E-state index in [-0.39, 0.29) is 29.0 Å². The normalized spacial score (nSPS) is 10.9. The van der Waals surface area contributed by atoms with Gasteiger partial charge in [0.05, 0.1) is 29.8 Å². The van der Waals surface area contributed by atoms with E-state index >= 15 is 0 Å². The van der Waals surface area contributed by atoms with Crippen LogP contribution in [0.2, 0.25) is 0 Å². The molecule has 0 saturated carbocycles. The lowest BCUT2D eigenvalue weighted by Gasteiger charge is -2.04. The van der Waals surface area contributed by atoms with Crippen molar-refractivity contribution < 1.29 is 24.0 Å². The Balaban J connectivity index is 3.24. The van der Waals surface area contributed by atoms with Crippen LogP contribution in [0.15, 0.2) is 23.8 Å². The minimum absolute atomic E-state index is 0.0649. The SMILES string of the molecule is CCOC(=O)/C(C)=C/c1ccc(C(=O)OC)cc1[N+](=O)[O-]. The Bertz CT molecular complexity index is 605. The van der Waals surface area contributed by atoms with Gasteiger partial charge in [-0.05, 0) is 32.1 Å².